The van der Waals surface area contributed by atoms with E-state index in [9.17, 15) is 8.42 Å². The Balaban J connectivity index is 2.03. The van der Waals surface area contributed by atoms with Crippen LogP contribution in [0.15, 0.2) is 11.4 Å². The van der Waals surface area contributed by atoms with Gasteiger partial charge in [-0.05, 0) is 32.8 Å². The molecule has 22 heavy (non-hydrogen) atoms. The predicted molar refractivity (Wildman–Crippen MR) is 86.1 cm³/mol. The molecule has 8 heteroatoms. The zero-order valence-corrected chi connectivity index (χ0v) is 14.4. The van der Waals surface area contributed by atoms with Gasteiger partial charge in [0.25, 0.3) is 0 Å². The molecule has 0 spiro atoms. The van der Waals surface area contributed by atoms with Gasteiger partial charge in [-0.3, -0.25) is 0 Å². The number of rotatable bonds is 3. The number of aromatic nitrogens is 3. The van der Waals surface area contributed by atoms with E-state index in [2.05, 4.69) is 15.0 Å². The van der Waals surface area contributed by atoms with E-state index in [-0.39, 0.29) is 6.04 Å². The third kappa shape index (κ3) is 3.04. The first kappa shape index (κ1) is 15.5. The van der Waals surface area contributed by atoms with Gasteiger partial charge in [-0.1, -0.05) is 0 Å². The molecular formula is C14H18N4O2S2. The standard InChI is InChI=1S/C14H18N4O2S2/c1-9-7-11(14-16-10(2)8-21-14)17-13(15-9)12-5-4-6-18(12)22(3,19)20/h7-8,12H,4-6H2,1-3H3. The van der Waals surface area contributed by atoms with E-state index in [1.807, 2.05) is 25.3 Å². The predicted octanol–water partition coefficient (Wildman–Crippen LogP) is 2.31. The van der Waals surface area contributed by atoms with Crippen molar-refractivity contribution in [3.05, 3.63) is 28.7 Å². The van der Waals surface area contributed by atoms with Crippen molar-refractivity contribution in [1.82, 2.24) is 19.3 Å². The van der Waals surface area contributed by atoms with Crippen molar-refractivity contribution in [2.24, 2.45) is 0 Å². The summed E-state index contributed by atoms with van der Waals surface area (Å²) in [4.78, 5) is 13.5. The number of nitrogens with zero attached hydrogens (tertiary/aromatic N) is 4. The molecular weight excluding hydrogens is 320 g/mol. The molecule has 0 aromatic carbocycles. The summed E-state index contributed by atoms with van der Waals surface area (Å²) in [6.45, 7) is 4.37. The van der Waals surface area contributed by atoms with Gasteiger partial charge in [-0.15, -0.1) is 11.3 Å². The second-order valence-corrected chi connectivity index (χ2v) is 8.37. The maximum atomic E-state index is 11.9. The minimum Gasteiger partial charge on any atom is -0.240 e. The molecule has 1 aliphatic heterocycles. The Bertz CT molecular complexity index is 801. The first-order valence-electron chi connectivity index (χ1n) is 7.09. The van der Waals surface area contributed by atoms with E-state index in [0.717, 1.165) is 34.9 Å². The van der Waals surface area contributed by atoms with Crippen LogP contribution < -0.4 is 0 Å². The van der Waals surface area contributed by atoms with Gasteiger partial charge >= 0.3 is 0 Å². The quantitative estimate of drug-likeness (QED) is 0.858. The van der Waals surface area contributed by atoms with Crippen LogP contribution in [0.1, 0.15) is 36.1 Å². The van der Waals surface area contributed by atoms with Crippen LogP contribution in [0.5, 0.6) is 0 Å². The zero-order chi connectivity index (χ0) is 15.9. The fourth-order valence-electron chi connectivity index (χ4n) is 2.72. The van der Waals surface area contributed by atoms with Crippen LogP contribution >= 0.6 is 11.3 Å². The molecule has 0 aliphatic carbocycles. The van der Waals surface area contributed by atoms with Crippen LogP contribution in [0, 0.1) is 13.8 Å². The van der Waals surface area contributed by atoms with Crippen molar-refractivity contribution in [3.63, 3.8) is 0 Å². The van der Waals surface area contributed by atoms with Crippen LogP contribution in [0.2, 0.25) is 0 Å². The molecule has 0 radical (unpaired) electrons. The summed E-state index contributed by atoms with van der Waals surface area (Å²) >= 11 is 1.54. The highest BCUT2D eigenvalue weighted by Crippen LogP contribution is 2.33. The Labute approximate surface area is 134 Å². The Kier molecular flexibility index (Phi) is 4.00. The molecule has 3 rings (SSSR count). The number of hydrogen-bond donors (Lipinski definition) is 0. The van der Waals surface area contributed by atoms with Crippen LogP contribution in [0.4, 0.5) is 0 Å². The van der Waals surface area contributed by atoms with Crippen molar-refractivity contribution < 1.29 is 8.42 Å². The van der Waals surface area contributed by atoms with Gasteiger partial charge in [-0.2, -0.15) is 4.31 Å². The second kappa shape index (κ2) is 5.68. The maximum Gasteiger partial charge on any atom is 0.211 e. The normalized spacial score (nSPS) is 19.7. The number of thiazole rings is 1. The minimum absolute atomic E-state index is 0.269. The maximum absolute atomic E-state index is 11.9. The monoisotopic (exact) mass is 338 g/mol. The zero-order valence-electron chi connectivity index (χ0n) is 12.8. The summed E-state index contributed by atoms with van der Waals surface area (Å²) in [5.74, 6) is 0.575. The van der Waals surface area contributed by atoms with Gasteiger partial charge in [-0.25, -0.2) is 23.4 Å². The fourth-order valence-corrected chi connectivity index (χ4v) is 4.60. The summed E-state index contributed by atoms with van der Waals surface area (Å²) < 4.78 is 25.3. The van der Waals surface area contributed by atoms with Gasteiger partial charge in [0.2, 0.25) is 10.0 Å². The van der Waals surface area contributed by atoms with Crippen LogP contribution in [0.25, 0.3) is 10.7 Å². The minimum atomic E-state index is -3.25. The van der Waals surface area contributed by atoms with E-state index >= 15 is 0 Å². The largest absolute Gasteiger partial charge is 0.240 e. The van der Waals surface area contributed by atoms with Gasteiger partial charge in [0.15, 0.2) is 0 Å². The lowest BCUT2D eigenvalue weighted by atomic mass is 10.2. The Morgan fingerprint density at radius 3 is 2.64 bits per heavy atom. The summed E-state index contributed by atoms with van der Waals surface area (Å²) in [6.07, 6.45) is 2.83. The highest BCUT2D eigenvalue weighted by Gasteiger charge is 2.34. The highest BCUT2D eigenvalue weighted by atomic mass is 32.2. The second-order valence-electron chi connectivity index (χ2n) is 5.58. The van der Waals surface area contributed by atoms with E-state index in [1.165, 1.54) is 21.9 Å². The SMILES string of the molecule is Cc1cc(-c2nc(C)cs2)nc(C2CCCN2S(C)(=O)=O)n1. The molecule has 1 unspecified atom stereocenters. The fraction of sp³-hybridized carbons (Fsp3) is 0.500. The van der Waals surface area contributed by atoms with Gasteiger partial charge in [0.05, 0.1) is 12.3 Å². The first-order valence-corrected chi connectivity index (χ1v) is 9.82. The lowest BCUT2D eigenvalue weighted by Gasteiger charge is -2.21. The Morgan fingerprint density at radius 2 is 2.00 bits per heavy atom. The van der Waals surface area contributed by atoms with Crippen molar-refractivity contribution in [3.8, 4) is 10.7 Å². The third-order valence-corrected chi connectivity index (χ3v) is 5.91. The molecule has 2 aromatic rings. The van der Waals surface area contributed by atoms with Gasteiger partial charge in [0.1, 0.15) is 16.5 Å². The Morgan fingerprint density at radius 1 is 1.23 bits per heavy atom. The molecule has 6 nitrogen and oxygen atoms in total. The molecule has 1 atom stereocenters. The van der Waals surface area contributed by atoms with Gasteiger partial charge < -0.3 is 0 Å². The molecule has 1 aliphatic rings. The van der Waals surface area contributed by atoms with Crippen LogP contribution in [-0.2, 0) is 10.0 Å². The molecule has 0 amide bonds. The smallest absolute Gasteiger partial charge is 0.211 e. The van der Waals surface area contributed by atoms with Crippen molar-refractivity contribution in [2.45, 2.75) is 32.7 Å². The third-order valence-electron chi connectivity index (χ3n) is 3.64. The lowest BCUT2D eigenvalue weighted by Crippen LogP contribution is -2.30. The average molecular weight is 338 g/mol. The molecule has 1 fully saturated rings. The molecule has 3 heterocycles. The summed E-state index contributed by atoms with van der Waals surface area (Å²) in [5.41, 5.74) is 2.55. The Hall–Kier alpha value is -1.38. The summed E-state index contributed by atoms with van der Waals surface area (Å²) in [6, 6.07) is 1.62. The summed E-state index contributed by atoms with van der Waals surface area (Å²) in [7, 11) is -3.25. The average Bonchev–Trinajstić information content (AvgIpc) is 3.05. The van der Waals surface area contributed by atoms with E-state index in [1.54, 1.807) is 0 Å². The number of hydrogen-bond acceptors (Lipinski definition) is 6. The van der Waals surface area contributed by atoms with Crippen LogP contribution in [-0.4, -0.2) is 40.5 Å². The molecule has 118 valence electrons. The van der Waals surface area contributed by atoms with E-state index < -0.39 is 10.0 Å². The topological polar surface area (TPSA) is 76.1 Å². The lowest BCUT2D eigenvalue weighted by molar-refractivity contribution is 0.386. The van der Waals surface area contributed by atoms with Gasteiger partial charge in [0, 0.05) is 23.3 Å². The number of aryl methyl sites for hydroxylation is 2. The van der Waals surface area contributed by atoms with Crippen LogP contribution in [0.3, 0.4) is 0 Å². The van der Waals surface area contributed by atoms with Crippen molar-refractivity contribution >= 4 is 21.4 Å². The molecule has 1 saturated heterocycles. The molecule has 0 bridgehead atoms. The molecule has 2 aromatic heterocycles. The van der Waals surface area contributed by atoms with Crippen molar-refractivity contribution in [2.75, 3.05) is 12.8 Å². The number of sulfonamides is 1. The highest BCUT2D eigenvalue weighted by molar-refractivity contribution is 7.88. The summed E-state index contributed by atoms with van der Waals surface area (Å²) in [5, 5.41) is 2.82. The van der Waals surface area contributed by atoms with Crippen molar-refractivity contribution in [1.29, 1.82) is 0 Å². The molecule has 0 N–H and O–H groups in total. The molecule has 0 saturated carbocycles. The first-order chi connectivity index (χ1) is 10.3. The van der Waals surface area contributed by atoms with E-state index in [0.29, 0.717) is 12.4 Å². The van der Waals surface area contributed by atoms with E-state index in [4.69, 9.17) is 0 Å².